The first-order valence-corrected chi connectivity index (χ1v) is 7.78. The normalized spacial score (nSPS) is 11.7. The number of methoxy groups -OCH3 is 1. The maximum Gasteiger partial charge on any atom is 0.122 e. The molecule has 0 amide bonds. The summed E-state index contributed by atoms with van der Waals surface area (Å²) in [6.07, 6.45) is 0.859. The molecule has 0 aliphatic rings. The van der Waals surface area contributed by atoms with E-state index < -0.39 is 0 Å². The Morgan fingerprint density at radius 3 is 2.50 bits per heavy atom. The average molecular weight is 344 g/mol. The summed E-state index contributed by atoms with van der Waals surface area (Å²) in [6, 6.07) is 4.17. The molecule has 0 aromatic heterocycles. The lowest BCUT2D eigenvalue weighted by Crippen LogP contribution is -2.38. The summed E-state index contributed by atoms with van der Waals surface area (Å²) in [5, 5.41) is 3.40. The minimum atomic E-state index is 0.147. The van der Waals surface area contributed by atoms with Crippen molar-refractivity contribution in [2.45, 2.75) is 39.7 Å². The number of hydrogen-bond donors (Lipinski definition) is 1. The van der Waals surface area contributed by atoms with Gasteiger partial charge in [0.25, 0.3) is 0 Å². The molecule has 4 heteroatoms. The van der Waals surface area contributed by atoms with Crippen molar-refractivity contribution in [3.8, 4) is 5.75 Å². The Morgan fingerprint density at radius 1 is 1.20 bits per heavy atom. The Morgan fingerprint density at radius 2 is 1.90 bits per heavy atom. The van der Waals surface area contributed by atoms with Crippen LogP contribution in [0.1, 0.15) is 31.9 Å². The third kappa shape index (κ3) is 6.25. The fourth-order valence-electron chi connectivity index (χ4n) is 1.86. The van der Waals surface area contributed by atoms with E-state index in [0.29, 0.717) is 6.61 Å². The van der Waals surface area contributed by atoms with Gasteiger partial charge < -0.3 is 14.8 Å². The molecule has 0 spiro atoms. The topological polar surface area (TPSA) is 30.5 Å². The quantitative estimate of drug-likeness (QED) is 0.765. The molecule has 1 aromatic rings. The number of ether oxygens (including phenoxy) is 2. The van der Waals surface area contributed by atoms with Crippen LogP contribution in [0.5, 0.6) is 5.75 Å². The van der Waals surface area contributed by atoms with E-state index in [9.17, 15) is 0 Å². The lowest BCUT2D eigenvalue weighted by molar-refractivity contribution is 0.133. The molecular weight excluding hydrogens is 318 g/mol. The monoisotopic (exact) mass is 343 g/mol. The lowest BCUT2D eigenvalue weighted by atomic mass is 10.1. The minimum absolute atomic E-state index is 0.147. The van der Waals surface area contributed by atoms with Crippen LogP contribution >= 0.6 is 15.9 Å². The number of benzene rings is 1. The molecule has 0 radical (unpaired) electrons. The smallest absolute Gasteiger partial charge is 0.122 e. The maximum absolute atomic E-state index is 5.67. The first kappa shape index (κ1) is 17.5. The van der Waals surface area contributed by atoms with E-state index in [1.54, 1.807) is 7.11 Å². The third-order valence-electron chi connectivity index (χ3n) is 2.98. The van der Waals surface area contributed by atoms with Crippen LogP contribution in [0, 0.1) is 6.92 Å². The standard InChI is InChI=1S/C16H26BrNO2/c1-12-10-15(19-5)13(11-14(12)17)6-8-20-9-7-18-16(2,3)4/h10-11,18H,6-9H2,1-5H3. The highest BCUT2D eigenvalue weighted by Crippen LogP contribution is 2.27. The number of halogens is 1. The van der Waals surface area contributed by atoms with Gasteiger partial charge in [-0.1, -0.05) is 15.9 Å². The van der Waals surface area contributed by atoms with Crippen molar-refractivity contribution in [2.75, 3.05) is 26.9 Å². The molecule has 0 saturated heterocycles. The third-order valence-corrected chi connectivity index (χ3v) is 3.83. The van der Waals surface area contributed by atoms with Gasteiger partial charge >= 0.3 is 0 Å². The van der Waals surface area contributed by atoms with Crippen molar-refractivity contribution in [2.24, 2.45) is 0 Å². The van der Waals surface area contributed by atoms with Gasteiger partial charge in [-0.05, 0) is 57.4 Å². The molecule has 114 valence electrons. The van der Waals surface area contributed by atoms with Crippen molar-refractivity contribution in [1.82, 2.24) is 5.32 Å². The highest BCUT2D eigenvalue weighted by atomic mass is 79.9. The maximum atomic E-state index is 5.67. The molecule has 0 aliphatic heterocycles. The van der Waals surface area contributed by atoms with Gasteiger partial charge in [0, 0.05) is 16.6 Å². The van der Waals surface area contributed by atoms with E-state index in [-0.39, 0.29) is 5.54 Å². The molecular formula is C16H26BrNO2. The van der Waals surface area contributed by atoms with Crippen LogP contribution in [0.25, 0.3) is 0 Å². The van der Waals surface area contributed by atoms with Crippen LogP contribution in [-0.2, 0) is 11.2 Å². The van der Waals surface area contributed by atoms with Crippen molar-refractivity contribution in [3.63, 3.8) is 0 Å². The largest absolute Gasteiger partial charge is 0.496 e. The number of aryl methyl sites for hydroxylation is 1. The second kappa shape index (κ2) is 8.01. The minimum Gasteiger partial charge on any atom is -0.496 e. The van der Waals surface area contributed by atoms with Crippen molar-refractivity contribution in [3.05, 3.63) is 27.7 Å². The lowest BCUT2D eigenvalue weighted by Gasteiger charge is -2.20. The molecule has 0 unspecified atom stereocenters. The zero-order valence-electron chi connectivity index (χ0n) is 13.2. The Bertz CT molecular complexity index is 427. The van der Waals surface area contributed by atoms with E-state index in [1.807, 2.05) is 0 Å². The summed E-state index contributed by atoms with van der Waals surface area (Å²) in [5.74, 6) is 0.933. The Kier molecular flexibility index (Phi) is 7.00. The first-order chi connectivity index (χ1) is 9.33. The molecule has 0 bridgehead atoms. The predicted molar refractivity (Wildman–Crippen MR) is 87.7 cm³/mol. The molecule has 0 atom stereocenters. The Balaban J connectivity index is 2.37. The van der Waals surface area contributed by atoms with E-state index in [0.717, 1.165) is 29.8 Å². The molecule has 20 heavy (non-hydrogen) atoms. The van der Waals surface area contributed by atoms with Gasteiger partial charge in [0.2, 0.25) is 0 Å². The van der Waals surface area contributed by atoms with Crippen LogP contribution in [0.2, 0.25) is 0 Å². The van der Waals surface area contributed by atoms with Crippen molar-refractivity contribution in [1.29, 1.82) is 0 Å². The number of rotatable bonds is 7. The zero-order chi connectivity index (χ0) is 15.2. The first-order valence-electron chi connectivity index (χ1n) is 6.99. The summed E-state index contributed by atoms with van der Waals surface area (Å²) in [7, 11) is 1.71. The molecule has 0 aliphatic carbocycles. The fourth-order valence-corrected chi connectivity index (χ4v) is 2.25. The highest BCUT2D eigenvalue weighted by Gasteiger charge is 2.08. The van der Waals surface area contributed by atoms with Gasteiger partial charge in [-0.25, -0.2) is 0 Å². The molecule has 1 rings (SSSR count). The molecule has 0 fully saturated rings. The van der Waals surface area contributed by atoms with Crippen LogP contribution in [0.4, 0.5) is 0 Å². The Labute approximate surface area is 131 Å². The van der Waals surface area contributed by atoms with Gasteiger partial charge in [-0.3, -0.25) is 0 Å². The molecule has 3 nitrogen and oxygen atoms in total. The average Bonchev–Trinajstić information content (AvgIpc) is 2.36. The van der Waals surface area contributed by atoms with Crippen LogP contribution in [-0.4, -0.2) is 32.4 Å². The Hall–Kier alpha value is -0.580. The van der Waals surface area contributed by atoms with Crippen molar-refractivity contribution >= 4 is 15.9 Å². The van der Waals surface area contributed by atoms with Crippen LogP contribution < -0.4 is 10.1 Å². The molecule has 1 N–H and O–H groups in total. The van der Waals surface area contributed by atoms with Crippen LogP contribution in [0.15, 0.2) is 16.6 Å². The van der Waals surface area contributed by atoms with Gasteiger partial charge in [0.05, 0.1) is 20.3 Å². The van der Waals surface area contributed by atoms with Gasteiger partial charge in [0.1, 0.15) is 5.75 Å². The molecule has 0 heterocycles. The summed E-state index contributed by atoms with van der Waals surface area (Å²) in [5.41, 5.74) is 2.50. The predicted octanol–water partition coefficient (Wildman–Crippen LogP) is 3.71. The number of hydrogen-bond acceptors (Lipinski definition) is 3. The number of nitrogens with one attached hydrogen (secondary N) is 1. The van der Waals surface area contributed by atoms with E-state index >= 15 is 0 Å². The SMILES string of the molecule is COc1cc(C)c(Br)cc1CCOCCNC(C)(C)C. The van der Waals surface area contributed by atoms with Gasteiger partial charge in [0.15, 0.2) is 0 Å². The summed E-state index contributed by atoms with van der Waals surface area (Å²) in [4.78, 5) is 0. The van der Waals surface area contributed by atoms with Gasteiger partial charge in [-0.15, -0.1) is 0 Å². The van der Waals surface area contributed by atoms with E-state index in [1.165, 1.54) is 11.1 Å². The summed E-state index contributed by atoms with van der Waals surface area (Å²) < 4.78 is 12.2. The second-order valence-electron chi connectivity index (χ2n) is 5.95. The van der Waals surface area contributed by atoms with Crippen molar-refractivity contribution < 1.29 is 9.47 Å². The zero-order valence-corrected chi connectivity index (χ0v) is 14.8. The summed E-state index contributed by atoms with van der Waals surface area (Å²) in [6.45, 7) is 10.8. The molecule has 1 aromatic carbocycles. The molecule has 0 saturated carbocycles. The fraction of sp³-hybridized carbons (Fsp3) is 0.625. The van der Waals surface area contributed by atoms with E-state index in [2.05, 4.69) is 61.1 Å². The van der Waals surface area contributed by atoms with Gasteiger partial charge in [-0.2, -0.15) is 0 Å². The summed E-state index contributed by atoms with van der Waals surface area (Å²) >= 11 is 3.56. The van der Waals surface area contributed by atoms with Crippen LogP contribution in [0.3, 0.4) is 0 Å². The second-order valence-corrected chi connectivity index (χ2v) is 6.81. The van der Waals surface area contributed by atoms with E-state index in [4.69, 9.17) is 9.47 Å². The highest BCUT2D eigenvalue weighted by molar-refractivity contribution is 9.10.